The van der Waals surface area contributed by atoms with Crippen LogP contribution in [0.15, 0.2) is 35.3 Å². The highest BCUT2D eigenvalue weighted by Crippen LogP contribution is 2.19. The maximum atomic E-state index is 5.75. The van der Waals surface area contributed by atoms with Crippen molar-refractivity contribution in [2.45, 2.75) is 40.5 Å². The Bertz CT molecular complexity index is 557. The lowest BCUT2D eigenvalue weighted by atomic mass is 10.2. The van der Waals surface area contributed by atoms with Gasteiger partial charge in [0, 0.05) is 12.1 Å². The molecule has 0 atom stereocenters. The number of nitrogens with two attached hydrogens (primary N) is 1. The maximum Gasteiger partial charge on any atom is 0.137 e. The number of nitrogens with zero attached hydrogens (tertiary/aromatic N) is 3. The first-order valence-electron chi connectivity index (χ1n) is 7.21. The lowest BCUT2D eigenvalue weighted by Crippen LogP contribution is -2.06. The van der Waals surface area contributed by atoms with E-state index in [1.165, 1.54) is 0 Å². The molecule has 0 aliphatic carbocycles. The molecule has 1 aromatic rings. The Kier molecular flexibility index (Phi) is 6.59. The van der Waals surface area contributed by atoms with E-state index in [9.17, 15) is 0 Å². The summed E-state index contributed by atoms with van der Waals surface area (Å²) in [7, 11) is 0. The number of aliphatic imine (C=N–C) groups is 1. The highest BCUT2D eigenvalue weighted by atomic mass is 16.5. The van der Waals surface area contributed by atoms with Gasteiger partial charge in [-0.2, -0.15) is 0 Å². The molecule has 0 aliphatic heterocycles. The van der Waals surface area contributed by atoms with Gasteiger partial charge in [-0.15, -0.1) is 0 Å². The predicted octanol–water partition coefficient (Wildman–Crippen LogP) is 3.09. The zero-order chi connectivity index (χ0) is 15.8. The quantitative estimate of drug-likeness (QED) is 0.618. The van der Waals surface area contributed by atoms with Crippen LogP contribution in [0.1, 0.15) is 39.2 Å². The topological polar surface area (TPSA) is 73.4 Å². The van der Waals surface area contributed by atoms with Crippen molar-refractivity contribution in [3.63, 3.8) is 0 Å². The van der Waals surface area contributed by atoms with Crippen LogP contribution < -0.4 is 5.73 Å². The van der Waals surface area contributed by atoms with Crippen molar-refractivity contribution >= 4 is 11.4 Å². The molecule has 0 bridgehead atoms. The van der Waals surface area contributed by atoms with Gasteiger partial charge < -0.3 is 10.5 Å². The smallest absolute Gasteiger partial charge is 0.137 e. The number of hydrogen-bond donors (Lipinski definition) is 1. The molecule has 21 heavy (non-hydrogen) atoms. The van der Waals surface area contributed by atoms with Crippen LogP contribution in [0.2, 0.25) is 0 Å². The van der Waals surface area contributed by atoms with Gasteiger partial charge in [0.2, 0.25) is 0 Å². The number of aryl methyl sites for hydroxylation is 2. The van der Waals surface area contributed by atoms with Crippen molar-refractivity contribution in [1.29, 1.82) is 0 Å². The molecule has 1 aromatic heterocycles. The summed E-state index contributed by atoms with van der Waals surface area (Å²) in [5.41, 5.74) is 8.62. The Balaban J connectivity index is 3.27. The summed E-state index contributed by atoms with van der Waals surface area (Å²) >= 11 is 0. The molecule has 0 radical (unpaired) electrons. The summed E-state index contributed by atoms with van der Waals surface area (Å²) in [4.78, 5) is 13.4. The summed E-state index contributed by atoms with van der Waals surface area (Å²) in [5, 5.41) is 0. The van der Waals surface area contributed by atoms with Gasteiger partial charge in [-0.3, -0.25) is 0 Å². The second-order valence-electron chi connectivity index (χ2n) is 4.57. The first-order valence-corrected chi connectivity index (χ1v) is 7.21. The Labute approximate surface area is 126 Å². The Morgan fingerprint density at radius 2 is 2.10 bits per heavy atom. The molecule has 0 aromatic carbocycles. The number of ether oxygens (including phenoxy) is 1. The minimum atomic E-state index is 0.490. The van der Waals surface area contributed by atoms with Gasteiger partial charge in [-0.1, -0.05) is 20.4 Å². The third-order valence-corrected chi connectivity index (χ3v) is 2.76. The van der Waals surface area contributed by atoms with E-state index in [0.29, 0.717) is 23.8 Å². The summed E-state index contributed by atoms with van der Waals surface area (Å²) in [5.74, 6) is 1.31. The van der Waals surface area contributed by atoms with Crippen LogP contribution in [0.4, 0.5) is 5.69 Å². The average molecular weight is 288 g/mol. The van der Waals surface area contributed by atoms with E-state index in [2.05, 4.69) is 21.5 Å². The van der Waals surface area contributed by atoms with Gasteiger partial charge in [0.1, 0.15) is 23.0 Å². The Morgan fingerprint density at radius 3 is 2.62 bits per heavy atom. The lowest BCUT2D eigenvalue weighted by Gasteiger charge is -2.09. The van der Waals surface area contributed by atoms with Crippen LogP contribution in [-0.2, 0) is 17.6 Å². The van der Waals surface area contributed by atoms with E-state index in [4.69, 9.17) is 10.5 Å². The number of allylic oxidation sites excluding steroid dienone is 2. The standard InChI is InChI=1S/C16H24N4O/c1-6-13-15(10-18-16(7-2)20-13)19-14(9-11(4)17)12(5)21-8-3/h9-10H,5-8,17H2,1-4H3. The monoisotopic (exact) mass is 288 g/mol. The average Bonchev–Trinajstić information content (AvgIpc) is 2.46. The summed E-state index contributed by atoms with van der Waals surface area (Å²) in [6, 6.07) is 0. The molecule has 1 heterocycles. The fraction of sp³-hybridized carbons (Fsp3) is 0.438. The van der Waals surface area contributed by atoms with Gasteiger partial charge >= 0.3 is 0 Å². The molecular formula is C16H24N4O. The van der Waals surface area contributed by atoms with E-state index < -0.39 is 0 Å². The molecule has 1 rings (SSSR count). The van der Waals surface area contributed by atoms with Crippen LogP contribution in [0.3, 0.4) is 0 Å². The second kappa shape index (κ2) is 8.19. The summed E-state index contributed by atoms with van der Waals surface area (Å²) < 4.78 is 5.43. The van der Waals surface area contributed by atoms with E-state index in [-0.39, 0.29) is 0 Å². The molecule has 0 unspecified atom stereocenters. The van der Waals surface area contributed by atoms with Crippen LogP contribution in [0.5, 0.6) is 0 Å². The van der Waals surface area contributed by atoms with Crippen molar-refractivity contribution in [1.82, 2.24) is 9.97 Å². The molecule has 5 nitrogen and oxygen atoms in total. The van der Waals surface area contributed by atoms with Crippen LogP contribution in [0.25, 0.3) is 0 Å². The van der Waals surface area contributed by atoms with Gasteiger partial charge in [-0.25, -0.2) is 15.0 Å². The zero-order valence-electron chi connectivity index (χ0n) is 13.3. The Hall–Kier alpha value is -2.17. The van der Waals surface area contributed by atoms with Gasteiger partial charge in [-0.05, 0) is 26.3 Å². The summed E-state index contributed by atoms with van der Waals surface area (Å²) in [6.45, 7) is 12.2. The Morgan fingerprint density at radius 1 is 1.38 bits per heavy atom. The highest BCUT2D eigenvalue weighted by molar-refractivity contribution is 6.08. The maximum absolute atomic E-state index is 5.75. The molecule has 5 heteroatoms. The second-order valence-corrected chi connectivity index (χ2v) is 4.57. The van der Waals surface area contributed by atoms with Gasteiger partial charge in [0.15, 0.2) is 0 Å². The molecular weight excluding hydrogens is 264 g/mol. The van der Waals surface area contributed by atoms with Gasteiger partial charge in [0.25, 0.3) is 0 Å². The number of aromatic nitrogens is 2. The van der Waals surface area contributed by atoms with Crippen LogP contribution >= 0.6 is 0 Å². The fourth-order valence-corrected chi connectivity index (χ4v) is 1.74. The van der Waals surface area contributed by atoms with E-state index >= 15 is 0 Å². The first kappa shape index (κ1) is 16.9. The van der Waals surface area contributed by atoms with E-state index in [1.54, 1.807) is 19.2 Å². The molecule has 0 fully saturated rings. The third-order valence-electron chi connectivity index (χ3n) is 2.76. The molecule has 0 aliphatic rings. The summed E-state index contributed by atoms with van der Waals surface area (Å²) in [6.07, 6.45) is 5.07. The minimum Gasteiger partial charge on any atom is -0.492 e. The first-order chi connectivity index (χ1) is 10.0. The van der Waals surface area contributed by atoms with Crippen molar-refractivity contribution in [3.05, 3.63) is 41.8 Å². The zero-order valence-corrected chi connectivity index (χ0v) is 13.3. The highest BCUT2D eigenvalue weighted by Gasteiger charge is 2.08. The van der Waals surface area contributed by atoms with E-state index in [1.807, 2.05) is 20.8 Å². The molecule has 0 amide bonds. The molecule has 0 saturated heterocycles. The predicted molar refractivity (Wildman–Crippen MR) is 86.6 cm³/mol. The lowest BCUT2D eigenvalue weighted by molar-refractivity contribution is 0.251. The van der Waals surface area contributed by atoms with E-state index in [0.717, 1.165) is 30.0 Å². The molecule has 0 saturated carbocycles. The van der Waals surface area contributed by atoms with Gasteiger partial charge in [0.05, 0.1) is 18.5 Å². The van der Waals surface area contributed by atoms with Crippen LogP contribution in [0, 0.1) is 0 Å². The van der Waals surface area contributed by atoms with Crippen LogP contribution in [-0.4, -0.2) is 22.3 Å². The van der Waals surface area contributed by atoms with Crippen molar-refractivity contribution in [3.8, 4) is 0 Å². The molecule has 2 N–H and O–H groups in total. The number of hydrogen-bond acceptors (Lipinski definition) is 5. The minimum absolute atomic E-state index is 0.490. The SMILES string of the molecule is C=C(OCC)C(C=C(C)N)=Nc1cnc(CC)nc1CC. The number of rotatable bonds is 7. The van der Waals surface area contributed by atoms with Crippen molar-refractivity contribution in [2.24, 2.45) is 10.7 Å². The fourth-order valence-electron chi connectivity index (χ4n) is 1.74. The molecule has 0 spiro atoms. The normalized spacial score (nSPS) is 12.4. The third kappa shape index (κ3) is 5.02. The molecule has 114 valence electrons. The van der Waals surface area contributed by atoms with Crippen molar-refractivity contribution in [2.75, 3.05) is 6.61 Å². The van der Waals surface area contributed by atoms with Crippen molar-refractivity contribution < 1.29 is 4.74 Å². The largest absolute Gasteiger partial charge is 0.492 e.